The van der Waals surface area contributed by atoms with E-state index in [1.807, 2.05) is 42.2 Å². The van der Waals surface area contributed by atoms with Gasteiger partial charge < -0.3 is 15.0 Å². The van der Waals surface area contributed by atoms with Crippen LogP contribution in [-0.2, 0) is 9.53 Å². The highest BCUT2D eigenvalue weighted by Crippen LogP contribution is 2.20. The number of nitrogens with zero attached hydrogens (tertiary/aromatic N) is 3. The summed E-state index contributed by atoms with van der Waals surface area (Å²) >= 11 is 0. The summed E-state index contributed by atoms with van der Waals surface area (Å²) in [5.74, 6) is -0.0771. The summed E-state index contributed by atoms with van der Waals surface area (Å²) in [6.07, 6.45) is 5.09. The van der Waals surface area contributed by atoms with Crippen LogP contribution in [0, 0.1) is 0 Å². The van der Waals surface area contributed by atoms with E-state index in [0.717, 1.165) is 11.3 Å². The maximum absolute atomic E-state index is 13.1. The Morgan fingerprint density at radius 2 is 2.00 bits per heavy atom. The maximum atomic E-state index is 13.1. The van der Waals surface area contributed by atoms with E-state index < -0.39 is 0 Å². The second-order valence-electron chi connectivity index (χ2n) is 6.16. The number of aromatic nitrogens is 2. The van der Waals surface area contributed by atoms with Gasteiger partial charge in [0, 0.05) is 44.3 Å². The molecule has 1 amide bonds. The molecule has 2 heterocycles. The van der Waals surface area contributed by atoms with Crippen molar-refractivity contribution in [3.05, 3.63) is 60.2 Å². The van der Waals surface area contributed by atoms with E-state index in [0.29, 0.717) is 32.8 Å². The summed E-state index contributed by atoms with van der Waals surface area (Å²) in [5, 5.41) is 3.44. The highest BCUT2D eigenvalue weighted by molar-refractivity contribution is 5.84. The molecule has 0 radical (unpaired) electrons. The summed E-state index contributed by atoms with van der Waals surface area (Å²) in [6, 6.07) is 9.96. The molecule has 1 N–H and O–H groups in total. The number of ether oxygens (including phenoxy) is 1. The molecule has 1 aliphatic rings. The first kappa shape index (κ1) is 17.5. The van der Waals surface area contributed by atoms with Crippen LogP contribution in [0.2, 0.25) is 0 Å². The Labute approximate surface area is 148 Å². The van der Waals surface area contributed by atoms with Crippen molar-refractivity contribution in [1.82, 2.24) is 20.2 Å². The molecule has 1 aromatic carbocycles. The average Bonchev–Trinajstić information content (AvgIpc) is 2.70. The molecular formula is C19H24N4O2. The van der Waals surface area contributed by atoms with Crippen LogP contribution in [0.4, 0.5) is 0 Å². The first-order valence-electron chi connectivity index (χ1n) is 8.66. The Hall–Kier alpha value is -2.31. The number of carbonyl (C=O) groups is 1. The fourth-order valence-corrected chi connectivity index (χ4v) is 2.97. The molecule has 25 heavy (non-hydrogen) atoms. The molecule has 0 spiro atoms. The van der Waals surface area contributed by atoms with E-state index in [1.54, 1.807) is 18.6 Å². The number of nitrogens with one attached hydrogen (secondary N) is 1. The molecule has 1 aromatic heterocycles. The minimum absolute atomic E-state index is 0.0254. The normalized spacial score (nSPS) is 17.1. The number of hydrogen-bond acceptors (Lipinski definition) is 5. The van der Waals surface area contributed by atoms with Crippen LogP contribution in [0.1, 0.15) is 30.1 Å². The maximum Gasteiger partial charge on any atom is 0.231 e. The Bertz CT molecular complexity index is 660. The summed E-state index contributed by atoms with van der Waals surface area (Å²) < 4.78 is 5.37. The minimum atomic E-state index is -0.224. The van der Waals surface area contributed by atoms with Gasteiger partial charge in [0.15, 0.2) is 0 Å². The van der Waals surface area contributed by atoms with Gasteiger partial charge in [-0.25, -0.2) is 0 Å². The third kappa shape index (κ3) is 4.61. The van der Waals surface area contributed by atoms with Crippen LogP contribution in [0.25, 0.3) is 0 Å². The highest BCUT2D eigenvalue weighted by Gasteiger charge is 2.27. The number of carbonyl (C=O) groups excluding carboxylic acids is 1. The van der Waals surface area contributed by atoms with Crippen molar-refractivity contribution >= 4 is 5.91 Å². The number of morpholine rings is 1. The summed E-state index contributed by atoms with van der Waals surface area (Å²) in [4.78, 5) is 23.4. The number of hydrogen-bond donors (Lipinski definition) is 1. The molecule has 6 nitrogen and oxygen atoms in total. The number of amides is 1. The SMILES string of the molecule is C[C@@H](NC[C@H](C(=O)N1CCOCC1)c1ccccc1)c1cnccn1. The lowest BCUT2D eigenvalue weighted by molar-refractivity contribution is -0.136. The third-order valence-electron chi connectivity index (χ3n) is 4.48. The molecule has 6 heteroatoms. The van der Waals surface area contributed by atoms with Crippen molar-refractivity contribution < 1.29 is 9.53 Å². The quantitative estimate of drug-likeness (QED) is 0.868. The van der Waals surface area contributed by atoms with Crippen LogP contribution >= 0.6 is 0 Å². The Balaban J connectivity index is 1.71. The Morgan fingerprint density at radius 3 is 2.68 bits per heavy atom. The van der Waals surface area contributed by atoms with E-state index in [-0.39, 0.29) is 17.9 Å². The fourth-order valence-electron chi connectivity index (χ4n) is 2.97. The van der Waals surface area contributed by atoms with Gasteiger partial charge in [0.2, 0.25) is 5.91 Å². The van der Waals surface area contributed by atoms with Crippen molar-refractivity contribution in [3.8, 4) is 0 Å². The van der Waals surface area contributed by atoms with E-state index in [9.17, 15) is 4.79 Å². The molecule has 2 aromatic rings. The van der Waals surface area contributed by atoms with Crippen molar-refractivity contribution in [2.75, 3.05) is 32.8 Å². The predicted molar refractivity (Wildman–Crippen MR) is 95.0 cm³/mol. The molecule has 0 saturated carbocycles. The second kappa shape index (κ2) is 8.69. The van der Waals surface area contributed by atoms with Crippen molar-refractivity contribution in [1.29, 1.82) is 0 Å². The van der Waals surface area contributed by atoms with Crippen molar-refractivity contribution in [3.63, 3.8) is 0 Å². The van der Waals surface area contributed by atoms with Crippen molar-refractivity contribution in [2.24, 2.45) is 0 Å². The highest BCUT2D eigenvalue weighted by atomic mass is 16.5. The van der Waals surface area contributed by atoms with Crippen LogP contribution in [-0.4, -0.2) is 53.6 Å². The zero-order chi connectivity index (χ0) is 17.5. The van der Waals surface area contributed by atoms with Gasteiger partial charge in [-0.05, 0) is 12.5 Å². The molecule has 132 valence electrons. The van der Waals surface area contributed by atoms with E-state index >= 15 is 0 Å². The zero-order valence-electron chi connectivity index (χ0n) is 14.5. The van der Waals surface area contributed by atoms with E-state index in [1.165, 1.54) is 0 Å². The minimum Gasteiger partial charge on any atom is -0.378 e. The molecule has 0 aliphatic carbocycles. The molecule has 0 bridgehead atoms. The van der Waals surface area contributed by atoms with Gasteiger partial charge in [0.25, 0.3) is 0 Å². The fraction of sp³-hybridized carbons (Fsp3) is 0.421. The van der Waals surface area contributed by atoms with Gasteiger partial charge >= 0.3 is 0 Å². The van der Waals surface area contributed by atoms with Gasteiger partial charge in [0.1, 0.15) is 0 Å². The van der Waals surface area contributed by atoms with Gasteiger partial charge in [-0.15, -0.1) is 0 Å². The largest absolute Gasteiger partial charge is 0.378 e. The smallest absolute Gasteiger partial charge is 0.231 e. The second-order valence-corrected chi connectivity index (χ2v) is 6.16. The number of rotatable bonds is 6. The molecule has 0 unspecified atom stereocenters. The molecular weight excluding hydrogens is 316 g/mol. The van der Waals surface area contributed by atoms with Crippen LogP contribution in [0.15, 0.2) is 48.9 Å². The lowest BCUT2D eigenvalue weighted by Crippen LogP contribution is -2.45. The van der Waals surface area contributed by atoms with Crippen LogP contribution < -0.4 is 5.32 Å². The third-order valence-corrected chi connectivity index (χ3v) is 4.48. The Morgan fingerprint density at radius 1 is 1.24 bits per heavy atom. The topological polar surface area (TPSA) is 67.4 Å². The van der Waals surface area contributed by atoms with Crippen molar-refractivity contribution in [2.45, 2.75) is 18.9 Å². The predicted octanol–water partition coefficient (Wildman–Crippen LogP) is 1.77. The standard InChI is InChI=1S/C19H24N4O2/c1-15(18-14-20-7-8-21-18)22-13-17(16-5-3-2-4-6-16)19(24)23-9-11-25-12-10-23/h2-8,14-15,17,22H,9-13H2,1H3/t15-,17+/m1/s1. The Kier molecular flexibility index (Phi) is 6.09. The summed E-state index contributed by atoms with van der Waals surface area (Å²) in [5.41, 5.74) is 1.89. The van der Waals surface area contributed by atoms with E-state index in [2.05, 4.69) is 15.3 Å². The van der Waals surface area contributed by atoms with Gasteiger partial charge in [0.05, 0.1) is 24.8 Å². The first-order chi connectivity index (χ1) is 12.3. The lowest BCUT2D eigenvalue weighted by atomic mass is 9.96. The first-order valence-corrected chi connectivity index (χ1v) is 8.66. The molecule has 1 saturated heterocycles. The van der Waals surface area contributed by atoms with Crippen LogP contribution in [0.5, 0.6) is 0 Å². The summed E-state index contributed by atoms with van der Waals surface area (Å²) in [7, 11) is 0. The lowest BCUT2D eigenvalue weighted by Gasteiger charge is -2.31. The average molecular weight is 340 g/mol. The van der Waals surface area contributed by atoms with Gasteiger partial charge in [-0.1, -0.05) is 30.3 Å². The van der Waals surface area contributed by atoms with Crippen LogP contribution in [0.3, 0.4) is 0 Å². The number of benzene rings is 1. The molecule has 3 rings (SSSR count). The monoisotopic (exact) mass is 340 g/mol. The summed E-state index contributed by atoms with van der Waals surface area (Å²) in [6.45, 7) is 5.11. The van der Waals surface area contributed by atoms with Gasteiger partial charge in [-0.3, -0.25) is 14.8 Å². The molecule has 1 aliphatic heterocycles. The molecule has 1 fully saturated rings. The van der Waals surface area contributed by atoms with E-state index in [4.69, 9.17) is 4.74 Å². The zero-order valence-corrected chi connectivity index (χ0v) is 14.5. The molecule has 2 atom stereocenters. The van der Waals surface area contributed by atoms with Gasteiger partial charge in [-0.2, -0.15) is 0 Å².